The van der Waals surface area contributed by atoms with E-state index in [2.05, 4.69) is 22.1 Å². The number of nitrogens with one attached hydrogen (secondary N) is 2. The van der Waals surface area contributed by atoms with Gasteiger partial charge in [-0.3, -0.25) is 14.1 Å². The summed E-state index contributed by atoms with van der Waals surface area (Å²) in [6.07, 6.45) is 14.7. The van der Waals surface area contributed by atoms with Gasteiger partial charge in [-0.05, 0) is 6.42 Å². The largest absolute Gasteiger partial charge is 0.469 e. The minimum absolute atomic E-state index is 0.461. The number of carbonyl (C=O) groups excluding carboxylic acids is 2. The first kappa shape index (κ1) is 27.0. The zero-order valence-corrected chi connectivity index (χ0v) is 18.3. The van der Waals surface area contributed by atoms with Crippen molar-refractivity contribution in [2.45, 2.75) is 96.9 Å². The summed E-state index contributed by atoms with van der Waals surface area (Å²) in [5, 5.41) is 5.00. The molecule has 0 saturated carbocycles. The Labute approximate surface area is 169 Å². The van der Waals surface area contributed by atoms with Crippen LogP contribution < -0.4 is 10.6 Å². The van der Waals surface area contributed by atoms with Crippen LogP contribution in [0.15, 0.2) is 0 Å². The molecule has 1 atom stereocenters. The Morgan fingerprint density at radius 3 is 1.79 bits per heavy atom. The summed E-state index contributed by atoms with van der Waals surface area (Å²) in [5.74, 6) is -0.980. The minimum atomic E-state index is -4.69. The molecule has 0 aliphatic carbocycles. The van der Waals surface area contributed by atoms with Crippen LogP contribution in [0.1, 0.15) is 90.9 Å². The lowest BCUT2D eigenvalue weighted by atomic mass is 10.1. The van der Waals surface area contributed by atoms with E-state index < -0.39 is 32.3 Å². The molecule has 0 heterocycles. The highest BCUT2D eigenvalue weighted by atomic mass is 31.2. The van der Waals surface area contributed by atoms with Gasteiger partial charge in [0.2, 0.25) is 11.8 Å². The van der Waals surface area contributed by atoms with Crippen LogP contribution in [0.2, 0.25) is 0 Å². The van der Waals surface area contributed by atoms with E-state index in [1.54, 1.807) is 0 Å². The highest BCUT2D eigenvalue weighted by Crippen LogP contribution is 2.35. The Kier molecular flexibility index (Phi) is 16.4. The van der Waals surface area contributed by atoms with Gasteiger partial charge in [0.1, 0.15) is 6.04 Å². The fourth-order valence-corrected chi connectivity index (χ4v) is 3.24. The fourth-order valence-electron chi connectivity index (χ4n) is 2.90. The van der Waals surface area contributed by atoms with E-state index in [-0.39, 0.29) is 0 Å². The molecule has 2 amide bonds. The van der Waals surface area contributed by atoms with Gasteiger partial charge in [-0.15, -0.1) is 0 Å². The van der Waals surface area contributed by atoms with E-state index in [0.717, 1.165) is 19.3 Å². The number of hydrogen-bond donors (Lipinski definition) is 4. The standard InChI is InChI=1S/C19H39N2O6P/c1-3-4-5-6-7-8-9-10-11-12-13-14-15-20-19(23)18(21-17(2)22)16-27-28(24,25)26/h18H,3-16H2,1-2H3,(H,20,23)(H,21,22)(H2,24,25,26). The van der Waals surface area contributed by atoms with Crippen LogP contribution in [0.4, 0.5) is 0 Å². The molecule has 9 heteroatoms. The second-order valence-electron chi connectivity index (χ2n) is 7.22. The average Bonchev–Trinajstić information content (AvgIpc) is 2.61. The first-order chi connectivity index (χ1) is 13.3. The molecule has 0 saturated heterocycles. The lowest BCUT2D eigenvalue weighted by Crippen LogP contribution is -2.48. The smallest absolute Gasteiger partial charge is 0.354 e. The Hall–Kier alpha value is -0.950. The molecule has 0 aliphatic heterocycles. The van der Waals surface area contributed by atoms with Crippen LogP contribution in [0.5, 0.6) is 0 Å². The molecule has 0 aromatic heterocycles. The van der Waals surface area contributed by atoms with E-state index in [1.807, 2.05) is 0 Å². The molecule has 0 aromatic carbocycles. The van der Waals surface area contributed by atoms with E-state index >= 15 is 0 Å². The van der Waals surface area contributed by atoms with E-state index in [1.165, 1.54) is 64.7 Å². The molecule has 1 unspecified atom stereocenters. The van der Waals surface area contributed by atoms with Crippen molar-refractivity contribution < 1.29 is 28.5 Å². The quantitative estimate of drug-likeness (QED) is 0.198. The van der Waals surface area contributed by atoms with Crippen molar-refractivity contribution >= 4 is 19.6 Å². The summed E-state index contributed by atoms with van der Waals surface area (Å²) >= 11 is 0. The van der Waals surface area contributed by atoms with Crippen molar-refractivity contribution in [3.63, 3.8) is 0 Å². The summed E-state index contributed by atoms with van der Waals surface area (Å²) in [4.78, 5) is 40.6. The highest BCUT2D eigenvalue weighted by Gasteiger charge is 2.24. The number of rotatable bonds is 18. The third kappa shape index (κ3) is 18.4. The topological polar surface area (TPSA) is 125 Å². The van der Waals surface area contributed by atoms with Crippen LogP contribution in [0.3, 0.4) is 0 Å². The Morgan fingerprint density at radius 1 is 0.893 bits per heavy atom. The van der Waals surface area contributed by atoms with Crippen molar-refractivity contribution in [3.05, 3.63) is 0 Å². The third-order valence-corrected chi connectivity index (χ3v) is 4.92. The van der Waals surface area contributed by atoms with Gasteiger partial charge in [0.25, 0.3) is 0 Å². The van der Waals surface area contributed by atoms with E-state index in [9.17, 15) is 14.2 Å². The zero-order chi connectivity index (χ0) is 21.3. The Balaban J connectivity index is 3.71. The monoisotopic (exact) mass is 422 g/mol. The summed E-state index contributed by atoms with van der Waals surface area (Å²) in [6, 6.07) is -1.12. The van der Waals surface area contributed by atoms with Gasteiger partial charge >= 0.3 is 7.82 Å². The van der Waals surface area contributed by atoms with Crippen molar-refractivity contribution in [1.82, 2.24) is 10.6 Å². The van der Waals surface area contributed by atoms with Gasteiger partial charge < -0.3 is 20.4 Å². The molecule has 0 spiro atoms. The molecule has 0 rings (SSSR count). The van der Waals surface area contributed by atoms with Crippen molar-refractivity contribution in [2.24, 2.45) is 0 Å². The van der Waals surface area contributed by atoms with E-state index in [0.29, 0.717) is 6.54 Å². The van der Waals surface area contributed by atoms with Gasteiger partial charge in [-0.2, -0.15) is 0 Å². The van der Waals surface area contributed by atoms with Crippen molar-refractivity contribution in [3.8, 4) is 0 Å². The maximum atomic E-state index is 12.0. The molecule has 0 aromatic rings. The molecule has 4 N–H and O–H groups in total. The Morgan fingerprint density at radius 2 is 1.36 bits per heavy atom. The number of unbranched alkanes of at least 4 members (excludes halogenated alkanes) is 11. The summed E-state index contributed by atoms with van der Waals surface area (Å²) in [5.41, 5.74) is 0. The molecule has 0 bridgehead atoms. The number of phosphoric acid groups is 1. The summed E-state index contributed by atoms with van der Waals surface area (Å²) < 4.78 is 15.1. The number of phosphoric ester groups is 1. The maximum absolute atomic E-state index is 12.0. The van der Waals surface area contributed by atoms with Crippen molar-refractivity contribution in [2.75, 3.05) is 13.2 Å². The molecule has 0 aliphatic rings. The molecule has 0 fully saturated rings. The van der Waals surface area contributed by atoms with Crippen LogP contribution in [0, 0.1) is 0 Å². The van der Waals surface area contributed by atoms with Crippen LogP contribution in [0.25, 0.3) is 0 Å². The minimum Gasteiger partial charge on any atom is -0.354 e. The first-order valence-corrected chi connectivity index (χ1v) is 12.0. The summed E-state index contributed by atoms with van der Waals surface area (Å²) in [7, 11) is -4.69. The van der Waals surface area contributed by atoms with Crippen LogP contribution in [-0.2, 0) is 18.7 Å². The highest BCUT2D eigenvalue weighted by molar-refractivity contribution is 7.46. The zero-order valence-electron chi connectivity index (χ0n) is 17.5. The average molecular weight is 423 g/mol. The molecule has 28 heavy (non-hydrogen) atoms. The fraction of sp³-hybridized carbons (Fsp3) is 0.895. The molecule has 8 nitrogen and oxygen atoms in total. The lowest BCUT2D eigenvalue weighted by molar-refractivity contribution is -0.128. The second kappa shape index (κ2) is 17.0. The van der Waals surface area contributed by atoms with Gasteiger partial charge in [0, 0.05) is 13.5 Å². The van der Waals surface area contributed by atoms with Crippen molar-refractivity contribution in [1.29, 1.82) is 0 Å². The van der Waals surface area contributed by atoms with Gasteiger partial charge in [0.05, 0.1) is 6.61 Å². The molecular formula is C19H39N2O6P. The van der Waals surface area contributed by atoms with Gasteiger partial charge in [-0.25, -0.2) is 4.57 Å². The van der Waals surface area contributed by atoms with E-state index in [4.69, 9.17) is 9.79 Å². The second-order valence-corrected chi connectivity index (χ2v) is 8.46. The Bertz CT molecular complexity index is 469. The van der Waals surface area contributed by atoms with Crippen LogP contribution >= 0.6 is 7.82 Å². The van der Waals surface area contributed by atoms with Gasteiger partial charge in [0.15, 0.2) is 0 Å². The predicted molar refractivity (Wildman–Crippen MR) is 110 cm³/mol. The molecule has 0 radical (unpaired) electrons. The number of amides is 2. The summed E-state index contributed by atoms with van der Waals surface area (Å²) in [6.45, 7) is 3.34. The number of hydrogen-bond acceptors (Lipinski definition) is 4. The first-order valence-electron chi connectivity index (χ1n) is 10.5. The normalized spacial score (nSPS) is 12.6. The maximum Gasteiger partial charge on any atom is 0.469 e. The van der Waals surface area contributed by atoms with Crippen LogP contribution in [-0.4, -0.2) is 40.8 Å². The molecular weight excluding hydrogens is 383 g/mol. The SMILES string of the molecule is CCCCCCCCCCCCCCNC(=O)C(COP(=O)(O)O)NC(C)=O. The van der Waals surface area contributed by atoms with Gasteiger partial charge in [-0.1, -0.05) is 77.6 Å². The lowest BCUT2D eigenvalue weighted by Gasteiger charge is -2.17. The predicted octanol–water partition coefficient (Wildman–Crippen LogP) is 3.42. The third-order valence-electron chi connectivity index (χ3n) is 4.43. The molecule has 166 valence electrons. The number of carbonyl (C=O) groups is 2.